The summed E-state index contributed by atoms with van der Waals surface area (Å²) in [5.74, 6) is 2.04. The molecule has 98 valence electrons. The molecule has 3 nitrogen and oxygen atoms in total. The van der Waals surface area contributed by atoms with Gasteiger partial charge in [0, 0.05) is 38.3 Å². The van der Waals surface area contributed by atoms with Crippen molar-refractivity contribution in [1.82, 2.24) is 15.1 Å². The van der Waals surface area contributed by atoms with Crippen molar-refractivity contribution in [3.05, 3.63) is 0 Å². The number of likely N-dealkylation sites (N-methyl/N-ethyl adjacent to an activating group) is 2. The quantitative estimate of drug-likeness (QED) is 0.770. The lowest BCUT2D eigenvalue weighted by Crippen LogP contribution is -2.55. The molecule has 2 aliphatic carbocycles. The van der Waals surface area contributed by atoms with Crippen LogP contribution in [0.5, 0.6) is 0 Å². The lowest BCUT2D eigenvalue weighted by Gasteiger charge is -2.38. The molecule has 3 rings (SSSR count). The Morgan fingerprint density at radius 2 is 1.71 bits per heavy atom. The first kappa shape index (κ1) is 11.9. The Hall–Kier alpha value is -0.120. The lowest BCUT2D eigenvalue weighted by molar-refractivity contribution is 0.110. The highest BCUT2D eigenvalue weighted by Crippen LogP contribution is 2.44. The van der Waals surface area contributed by atoms with E-state index in [1.807, 2.05) is 0 Å². The smallest absolute Gasteiger partial charge is 0.0345 e. The zero-order valence-electron chi connectivity index (χ0n) is 11.4. The Balaban J connectivity index is 1.48. The molecule has 0 radical (unpaired) electrons. The van der Waals surface area contributed by atoms with Crippen LogP contribution in [0.25, 0.3) is 0 Å². The van der Waals surface area contributed by atoms with E-state index in [4.69, 9.17) is 0 Å². The average molecular weight is 237 g/mol. The summed E-state index contributed by atoms with van der Waals surface area (Å²) >= 11 is 0. The van der Waals surface area contributed by atoms with E-state index in [-0.39, 0.29) is 0 Å². The lowest BCUT2D eigenvalue weighted by atomic mass is 10.1. The van der Waals surface area contributed by atoms with Gasteiger partial charge in [0.2, 0.25) is 0 Å². The maximum Gasteiger partial charge on any atom is 0.0345 e. The van der Waals surface area contributed by atoms with E-state index < -0.39 is 0 Å². The zero-order chi connectivity index (χ0) is 11.8. The third-order valence-corrected chi connectivity index (χ3v) is 4.83. The van der Waals surface area contributed by atoms with Gasteiger partial charge in [-0.1, -0.05) is 0 Å². The van der Waals surface area contributed by atoms with Gasteiger partial charge in [0.15, 0.2) is 0 Å². The molecule has 0 aromatic heterocycles. The molecule has 1 atom stereocenters. The number of hydrogen-bond donors (Lipinski definition) is 1. The molecular weight excluding hydrogens is 210 g/mol. The Labute approximate surface area is 106 Å². The van der Waals surface area contributed by atoms with E-state index in [0.717, 1.165) is 17.9 Å². The van der Waals surface area contributed by atoms with Gasteiger partial charge >= 0.3 is 0 Å². The van der Waals surface area contributed by atoms with E-state index in [2.05, 4.69) is 29.2 Å². The largest absolute Gasteiger partial charge is 0.312 e. The maximum absolute atomic E-state index is 3.90. The minimum Gasteiger partial charge on any atom is -0.312 e. The van der Waals surface area contributed by atoms with Gasteiger partial charge in [-0.25, -0.2) is 0 Å². The minimum absolute atomic E-state index is 0.716. The fraction of sp³-hybridized carbons (Fsp3) is 1.00. The third kappa shape index (κ3) is 3.01. The topological polar surface area (TPSA) is 18.5 Å². The van der Waals surface area contributed by atoms with Crippen LogP contribution in [0.15, 0.2) is 0 Å². The van der Waals surface area contributed by atoms with Gasteiger partial charge < -0.3 is 10.2 Å². The molecule has 3 fully saturated rings. The van der Waals surface area contributed by atoms with Crippen molar-refractivity contribution >= 4 is 0 Å². The van der Waals surface area contributed by atoms with E-state index in [1.165, 1.54) is 51.9 Å². The molecule has 17 heavy (non-hydrogen) atoms. The fourth-order valence-corrected chi connectivity index (χ4v) is 3.22. The molecule has 1 unspecified atom stereocenters. The van der Waals surface area contributed by atoms with E-state index in [1.54, 1.807) is 0 Å². The van der Waals surface area contributed by atoms with Crippen LogP contribution >= 0.6 is 0 Å². The highest BCUT2D eigenvalue weighted by Gasteiger charge is 2.41. The predicted molar refractivity (Wildman–Crippen MR) is 71.2 cm³/mol. The predicted octanol–water partition coefficient (Wildman–Crippen LogP) is 1.01. The van der Waals surface area contributed by atoms with Crippen molar-refractivity contribution in [3.8, 4) is 0 Å². The summed E-state index contributed by atoms with van der Waals surface area (Å²) in [7, 11) is 4.53. The first-order valence-corrected chi connectivity index (χ1v) is 7.36. The molecular formula is C14H27N3. The van der Waals surface area contributed by atoms with Gasteiger partial charge in [-0.2, -0.15) is 0 Å². The van der Waals surface area contributed by atoms with Crippen molar-refractivity contribution in [2.24, 2.45) is 11.8 Å². The van der Waals surface area contributed by atoms with Gasteiger partial charge in [0.05, 0.1) is 0 Å². The summed E-state index contributed by atoms with van der Waals surface area (Å²) in [5.41, 5.74) is 0. The minimum atomic E-state index is 0.716. The highest BCUT2D eigenvalue weighted by atomic mass is 15.3. The van der Waals surface area contributed by atoms with Gasteiger partial charge in [-0.15, -0.1) is 0 Å². The first-order chi connectivity index (χ1) is 8.24. The van der Waals surface area contributed by atoms with Crippen LogP contribution < -0.4 is 5.32 Å². The van der Waals surface area contributed by atoms with Crippen LogP contribution in [0.2, 0.25) is 0 Å². The molecule has 1 aliphatic heterocycles. The Morgan fingerprint density at radius 1 is 1.06 bits per heavy atom. The van der Waals surface area contributed by atoms with Gasteiger partial charge in [-0.05, 0) is 51.6 Å². The molecule has 1 saturated heterocycles. The molecule has 2 saturated carbocycles. The summed E-state index contributed by atoms with van der Waals surface area (Å²) < 4.78 is 0. The van der Waals surface area contributed by atoms with Gasteiger partial charge in [-0.3, -0.25) is 4.90 Å². The second-order valence-electron chi connectivity index (χ2n) is 6.51. The first-order valence-electron chi connectivity index (χ1n) is 7.36. The average Bonchev–Trinajstić information content (AvgIpc) is 3.14. The Bertz CT molecular complexity index is 248. The summed E-state index contributed by atoms with van der Waals surface area (Å²) in [6, 6.07) is 1.57. The molecule has 1 N–H and O–H groups in total. The van der Waals surface area contributed by atoms with Crippen LogP contribution in [0, 0.1) is 11.8 Å². The van der Waals surface area contributed by atoms with E-state index in [9.17, 15) is 0 Å². The fourth-order valence-electron chi connectivity index (χ4n) is 3.22. The monoisotopic (exact) mass is 237 g/mol. The van der Waals surface area contributed by atoms with Crippen LogP contribution in [-0.2, 0) is 0 Å². The third-order valence-electron chi connectivity index (χ3n) is 4.83. The second kappa shape index (κ2) is 4.87. The summed E-state index contributed by atoms with van der Waals surface area (Å²) in [5, 5.41) is 3.90. The summed E-state index contributed by atoms with van der Waals surface area (Å²) in [6.07, 6.45) is 5.92. The van der Waals surface area contributed by atoms with Gasteiger partial charge in [0.25, 0.3) is 0 Å². The molecule has 1 heterocycles. The van der Waals surface area contributed by atoms with Gasteiger partial charge in [0.1, 0.15) is 0 Å². The number of piperazine rings is 1. The van der Waals surface area contributed by atoms with E-state index >= 15 is 0 Å². The molecule has 0 bridgehead atoms. The van der Waals surface area contributed by atoms with Crippen molar-refractivity contribution in [2.75, 3.05) is 40.3 Å². The van der Waals surface area contributed by atoms with Crippen LogP contribution in [-0.4, -0.2) is 62.2 Å². The summed E-state index contributed by atoms with van der Waals surface area (Å²) in [4.78, 5) is 5.00. The zero-order valence-corrected chi connectivity index (χ0v) is 11.4. The number of nitrogens with one attached hydrogen (secondary N) is 1. The van der Waals surface area contributed by atoms with Crippen molar-refractivity contribution in [2.45, 2.75) is 37.8 Å². The molecule has 3 aliphatic rings. The number of hydrogen-bond acceptors (Lipinski definition) is 3. The van der Waals surface area contributed by atoms with Crippen molar-refractivity contribution < 1.29 is 0 Å². The molecule has 0 aromatic rings. The maximum atomic E-state index is 3.90. The van der Waals surface area contributed by atoms with Crippen molar-refractivity contribution in [3.63, 3.8) is 0 Å². The van der Waals surface area contributed by atoms with Crippen LogP contribution in [0.4, 0.5) is 0 Å². The standard InChI is InChI=1S/C14H27N3/c1-16-7-8-17(2)13(10-16)9-15-14(11-3-4-11)12-5-6-12/h11-15H,3-10H2,1-2H3. The SMILES string of the molecule is CN1CCN(C)C(CNC(C2CC2)C2CC2)C1. The van der Waals surface area contributed by atoms with E-state index in [0.29, 0.717) is 6.04 Å². The molecule has 0 amide bonds. The van der Waals surface area contributed by atoms with Crippen molar-refractivity contribution in [1.29, 1.82) is 0 Å². The Morgan fingerprint density at radius 3 is 2.29 bits per heavy atom. The molecule has 0 spiro atoms. The Kier molecular flexibility index (Phi) is 3.42. The second-order valence-corrected chi connectivity index (χ2v) is 6.51. The molecule has 0 aromatic carbocycles. The highest BCUT2D eigenvalue weighted by molar-refractivity contribution is 4.97. The normalized spacial score (nSPS) is 32.3. The van der Waals surface area contributed by atoms with Crippen LogP contribution in [0.1, 0.15) is 25.7 Å². The molecule has 3 heteroatoms. The summed E-state index contributed by atoms with van der Waals surface area (Å²) in [6.45, 7) is 4.87. The number of rotatable bonds is 5. The van der Waals surface area contributed by atoms with Crippen LogP contribution in [0.3, 0.4) is 0 Å². The number of nitrogens with zero attached hydrogens (tertiary/aromatic N) is 2.